The van der Waals surface area contributed by atoms with Crippen LogP contribution in [0, 0.1) is 23.7 Å². The zero-order chi connectivity index (χ0) is 17.4. The number of rotatable bonds is 14. The van der Waals surface area contributed by atoms with E-state index in [2.05, 4.69) is 44.4 Å². The van der Waals surface area contributed by atoms with Gasteiger partial charge >= 0.3 is 0 Å². The Balaban J connectivity index is 1.66. The van der Waals surface area contributed by atoms with Gasteiger partial charge in [-0.15, -0.1) is 0 Å². The Bertz CT molecular complexity index is 389. The van der Waals surface area contributed by atoms with E-state index in [0.717, 1.165) is 23.7 Å². The highest BCUT2D eigenvalue weighted by Gasteiger charge is 2.32. The summed E-state index contributed by atoms with van der Waals surface area (Å²) in [6.07, 6.45) is 18.4. The van der Waals surface area contributed by atoms with Gasteiger partial charge in [0.25, 0.3) is 0 Å². The maximum Gasteiger partial charge on any atom is 0.0203 e. The summed E-state index contributed by atoms with van der Waals surface area (Å²) in [5, 5.41) is 0. The Morgan fingerprint density at radius 1 is 1.04 bits per heavy atom. The van der Waals surface area contributed by atoms with E-state index in [1.54, 1.807) is 0 Å². The van der Waals surface area contributed by atoms with Gasteiger partial charge in [-0.05, 0) is 75.0 Å². The molecule has 0 aliphatic heterocycles. The van der Waals surface area contributed by atoms with Crippen molar-refractivity contribution in [2.24, 2.45) is 23.7 Å². The van der Waals surface area contributed by atoms with E-state index in [-0.39, 0.29) is 0 Å². The molecule has 0 aromatic rings. The molecule has 0 aromatic carbocycles. The number of nitrogens with zero attached hydrogens (tertiary/aromatic N) is 1. The first-order valence-corrected chi connectivity index (χ1v) is 10.7. The quantitative estimate of drug-likeness (QED) is 0.249. The SMILES string of the molecule is C=C(C1CC1)N(CC1CC1)CC(C)C(C)CC/C=C\CCCCC. The second kappa shape index (κ2) is 10.3. The first-order valence-electron chi connectivity index (χ1n) is 10.7. The van der Waals surface area contributed by atoms with Gasteiger partial charge in [0.2, 0.25) is 0 Å². The molecule has 0 amide bonds. The Kier molecular flexibility index (Phi) is 8.42. The summed E-state index contributed by atoms with van der Waals surface area (Å²) in [7, 11) is 0. The van der Waals surface area contributed by atoms with Crippen LogP contribution < -0.4 is 0 Å². The van der Waals surface area contributed by atoms with E-state index >= 15 is 0 Å². The Hall–Kier alpha value is -0.720. The van der Waals surface area contributed by atoms with Gasteiger partial charge in [0.05, 0.1) is 0 Å². The molecule has 0 bridgehead atoms. The van der Waals surface area contributed by atoms with Crippen molar-refractivity contribution >= 4 is 0 Å². The average Bonchev–Trinajstić information content (AvgIpc) is 3.46. The monoisotopic (exact) mass is 331 g/mol. The van der Waals surface area contributed by atoms with Crippen molar-refractivity contribution in [1.29, 1.82) is 0 Å². The van der Waals surface area contributed by atoms with Crippen LogP contribution in [-0.4, -0.2) is 18.0 Å². The van der Waals surface area contributed by atoms with Crippen LogP contribution in [-0.2, 0) is 0 Å². The standard InChI is InChI=1S/C23H41N/c1-5-6-7-8-9-10-11-12-19(2)20(3)17-24(18-22-13-14-22)21(4)23-15-16-23/h9-10,19-20,22-23H,4-8,11-18H2,1-3H3/b10-9-. The summed E-state index contributed by atoms with van der Waals surface area (Å²) in [5.74, 6) is 3.36. The van der Waals surface area contributed by atoms with Gasteiger partial charge in [0, 0.05) is 18.8 Å². The van der Waals surface area contributed by atoms with E-state index in [9.17, 15) is 0 Å². The van der Waals surface area contributed by atoms with Gasteiger partial charge in [-0.2, -0.15) is 0 Å². The lowest BCUT2D eigenvalue weighted by molar-refractivity contribution is 0.228. The third kappa shape index (κ3) is 7.45. The molecule has 138 valence electrons. The van der Waals surface area contributed by atoms with Gasteiger partial charge in [0.15, 0.2) is 0 Å². The van der Waals surface area contributed by atoms with Gasteiger partial charge in [0.1, 0.15) is 0 Å². The van der Waals surface area contributed by atoms with Crippen molar-refractivity contribution in [3.8, 4) is 0 Å². The molecule has 1 heteroatoms. The molecule has 0 aromatic heterocycles. The average molecular weight is 332 g/mol. The maximum atomic E-state index is 4.44. The minimum Gasteiger partial charge on any atom is -0.375 e. The van der Waals surface area contributed by atoms with Crippen LogP contribution in [0.1, 0.15) is 85.0 Å². The van der Waals surface area contributed by atoms with Crippen molar-refractivity contribution in [3.05, 3.63) is 24.4 Å². The lowest BCUT2D eigenvalue weighted by atomic mass is 9.90. The fourth-order valence-electron chi connectivity index (χ4n) is 3.51. The topological polar surface area (TPSA) is 3.24 Å². The van der Waals surface area contributed by atoms with Crippen molar-refractivity contribution in [3.63, 3.8) is 0 Å². The molecular formula is C23H41N. The molecular weight excluding hydrogens is 290 g/mol. The number of hydrogen-bond donors (Lipinski definition) is 0. The van der Waals surface area contributed by atoms with Crippen molar-refractivity contribution in [1.82, 2.24) is 4.90 Å². The molecule has 2 saturated carbocycles. The van der Waals surface area contributed by atoms with E-state index in [1.165, 1.54) is 83.0 Å². The second-order valence-electron chi connectivity index (χ2n) is 8.61. The Labute approximate surface area is 151 Å². The van der Waals surface area contributed by atoms with Crippen LogP contribution in [0.4, 0.5) is 0 Å². The number of allylic oxidation sites excluding steroid dienone is 3. The minimum atomic E-state index is 0.771. The van der Waals surface area contributed by atoms with E-state index in [4.69, 9.17) is 0 Å². The fourth-order valence-corrected chi connectivity index (χ4v) is 3.51. The highest BCUT2D eigenvalue weighted by atomic mass is 15.1. The van der Waals surface area contributed by atoms with Crippen LogP contribution in [0.15, 0.2) is 24.4 Å². The first kappa shape index (κ1) is 19.6. The predicted molar refractivity (Wildman–Crippen MR) is 107 cm³/mol. The summed E-state index contributed by atoms with van der Waals surface area (Å²) in [4.78, 5) is 2.66. The molecule has 0 N–H and O–H groups in total. The van der Waals surface area contributed by atoms with Crippen LogP contribution >= 0.6 is 0 Å². The lowest BCUT2D eigenvalue weighted by Crippen LogP contribution is -2.32. The maximum absolute atomic E-state index is 4.44. The summed E-state index contributed by atoms with van der Waals surface area (Å²) < 4.78 is 0. The van der Waals surface area contributed by atoms with E-state index < -0.39 is 0 Å². The van der Waals surface area contributed by atoms with Crippen LogP contribution in [0.25, 0.3) is 0 Å². The molecule has 0 heterocycles. The predicted octanol–water partition coefficient (Wildman–Crippen LogP) is 6.81. The lowest BCUT2D eigenvalue weighted by Gasteiger charge is -2.32. The van der Waals surface area contributed by atoms with Gasteiger partial charge in [-0.25, -0.2) is 0 Å². The smallest absolute Gasteiger partial charge is 0.0203 e. The molecule has 2 aliphatic carbocycles. The molecule has 2 unspecified atom stereocenters. The third-order valence-corrected chi connectivity index (χ3v) is 6.04. The Morgan fingerprint density at radius 2 is 1.75 bits per heavy atom. The summed E-state index contributed by atoms with van der Waals surface area (Å²) in [6, 6.07) is 0. The summed E-state index contributed by atoms with van der Waals surface area (Å²) in [5.41, 5.74) is 1.46. The van der Waals surface area contributed by atoms with Gasteiger partial charge in [-0.1, -0.05) is 52.3 Å². The van der Waals surface area contributed by atoms with Crippen LogP contribution in [0.3, 0.4) is 0 Å². The molecule has 2 aliphatic rings. The zero-order valence-electron chi connectivity index (χ0n) is 16.6. The number of hydrogen-bond acceptors (Lipinski definition) is 1. The molecule has 1 nitrogen and oxygen atoms in total. The zero-order valence-corrected chi connectivity index (χ0v) is 16.6. The van der Waals surface area contributed by atoms with Crippen molar-refractivity contribution in [2.75, 3.05) is 13.1 Å². The van der Waals surface area contributed by atoms with Crippen LogP contribution in [0.2, 0.25) is 0 Å². The minimum absolute atomic E-state index is 0.771. The van der Waals surface area contributed by atoms with E-state index in [0.29, 0.717) is 0 Å². The molecule has 2 rings (SSSR count). The third-order valence-electron chi connectivity index (χ3n) is 6.04. The molecule has 0 saturated heterocycles. The fraction of sp³-hybridized carbons (Fsp3) is 0.826. The first-order chi connectivity index (χ1) is 11.6. The van der Waals surface area contributed by atoms with Crippen LogP contribution in [0.5, 0.6) is 0 Å². The number of unbranched alkanes of at least 4 members (excludes halogenated alkanes) is 3. The molecule has 24 heavy (non-hydrogen) atoms. The highest BCUT2D eigenvalue weighted by Crippen LogP contribution is 2.40. The van der Waals surface area contributed by atoms with E-state index in [1.807, 2.05) is 0 Å². The summed E-state index contributed by atoms with van der Waals surface area (Å²) in [6.45, 7) is 14.1. The highest BCUT2D eigenvalue weighted by molar-refractivity contribution is 5.08. The molecule has 2 atom stereocenters. The van der Waals surface area contributed by atoms with Crippen molar-refractivity contribution in [2.45, 2.75) is 85.0 Å². The largest absolute Gasteiger partial charge is 0.375 e. The van der Waals surface area contributed by atoms with Gasteiger partial charge < -0.3 is 4.90 Å². The Morgan fingerprint density at radius 3 is 2.38 bits per heavy atom. The second-order valence-corrected chi connectivity index (χ2v) is 8.61. The summed E-state index contributed by atoms with van der Waals surface area (Å²) >= 11 is 0. The molecule has 0 spiro atoms. The molecule has 0 radical (unpaired) electrons. The normalized spacial score (nSPS) is 20.3. The van der Waals surface area contributed by atoms with Crippen molar-refractivity contribution < 1.29 is 0 Å². The molecule has 2 fully saturated rings. The van der Waals surface area contributed by atoms with Gasteiger partial charge in [-0.3, -0.25) is 0 Å².